The molecule has 2 aromatic rings. The second-order valence-corrected chi connectivity index (χ2v) is 9.38. The van der Waals surface area contributed by atoms with Gasteiger partial charge in [0.1, 0.15) is 0 Å². The molecular weight excluding hydrogens is 324 g/mol. The molecule has 0 aromatic heterocycles. The fourth-order valence-corrected chi connectivity index (χ4v) is 5.10. The molecule has 0 N–H and O–H groups in total. The van der Waals surface area contributed by atoms with Crippen LogP contribution in [0.15, 0.2) is 65.3 Å². The first-order valence-corrected chi connectivity index (χ1v) is 10.3. The summed E-state index contributed by atoms with van der Waals surface area (Å²) in [6.07, 6.45) is 6.34. The summed E-state index contributed by atoms with van der Waals surface area (Å²) in [5.74, 6) is 0.460. The molecule has 1 atom stereocenters. The molecular formula is C27H31. The highest BCUT2D eigenvalue weighted by molar-refractivity contribution is 5.77. The maximum Gasteiger partial charge on any atom is 0.0679 e. The molecule has 0 aliphatic heterocycles. The lowest BCUT2D eigenvalue weighted by Gasteiger charge is -2.50. The highest BCUT2D eigenvalue weighted by Gasteiger charge is 2.60. The summed E-state index contributed by atoms with van der Waals surface area (Å²) in [4.78, 5) is 0. The summed E-state index contributed by atoms with van der Waals surface area (Å²) in [6, 6.07) is 18.4. The predicted octanol–water partition coefficient (Wildman–Crippen LogP) is 7.11. The summed E-state index contributed by atoms with van der Waals surface area (Å²) in [5, 5.41) is 0. The van der Waals surface area contributed by atoms with E-state index in [1.807, 2.05) is 0 Å². The lowest BCUT2D eigenvalue weighted by molar-refractivity contribution is 0.441. The fraction of sp³-hybridized carbons (Fsp3) is 0.407. The molecule has 2 bridgehead atoms. The van der Waals surface area contributed by atoms with Crippen LogP contribution in [0.2, 0.25) is 0 Å². The summed E-state index contributed by atoms with van der Waals surface area (Å²) in [5.41, 5.74) is 10.1. The average Bonchev–Trinajstić information content (AvgIpc) is 3.14. The van der Waals surface area contributed by atoms with Crippen molar-refractivity contribution in [2.75, 3.05) is 0 Å². The number of fused-ring (bicyclic) bond motifs is 1. The third-order valence-electron chi connectivity index (χ3n) is 6.26. The first-order valence-electron chi connectivity index (χ1n) is 10.3. The van der Waals surface area contributed by atoms with E-state index in [-0.39, 0.29) is 10.8 Å². The van der Waals surface area contributed by atoms with Gasteiger partial charge < -0.3 is 0 Å². The molecule has 0 spiro atoms. The third-order valence-corrected chi connectivity index (χ3v) is 6.26. The minimum Gasteiger partial charge on any atom is -0.0653 e. The Morgan fingerprint density at radius 2 is 1.33 bits per heavy atom. The Bertz CT molecular complexity index is 866. The molecule has 2 aromatic carbocycles. The van der Waals surface area contributed by atoms with Crippen molar-refractivity contribution in [2.24, 2.45) is 11.3 Å². The van der Waals surface area contributed by atoms with E-state index in [2.05, 4.69) is 96.1 Å². The highest BCUT2D eigenvalue weighted by Crippen LogP contribution is 2.68. The monoisotopic (exact) mass is 355 g/mol. The van der Waals surface area contributed by atoms with Crippen molar-refractivity contribution in [1.29, 1.82) is 0 Å². The van der Waals surface area contributed by atoms with E-state index in [1.165, 1.54) is 40.7 Å². The van der Waals surface area contributed by atoms with Gasteiger partial charge in [-0.1, -0.05) is 93.8 Å². The van der Waals surface area contributed by atoms with Gasteiger partial charge in [-0.3, -0.25) is 0 Å². The molecule has 139 valence electrons. The third kappa shape index (κ3) is 2.57. The minimum atomic E-state index is -0.0934. The van der Waals surface area contributed by atoms with Crippen LogP contribution in [0.5, 0.6) is 0 Å². The zero-order valence-electron chi connectivity index (χ0n) is 17.6. The first-order chi connectivity index (χ1) is 12.8. The van der Waals surface area contributed by atoms with Crippen LogP contribution in [0.25, 0.3) is 0 Å². The van der Waals surface area contributed by atoms with Crippen LogP contribution in [0, 0.1) is 31.3 Å². The summed E-state index contributed by atoms with van der Waals surface area (Å²) in [7, 11) is 0. The van der Waals surface area contributed by atoms with Crippen molar-refractivity contribution in [3.05, 3.63) is 93.6 Å². The van der Waals surface area contributed by atoms with Crippen molar-refractivity contribution in [2.45, 2.75) is 59.8 Å². The molecule has 0 nitrogen and oxygen atoms in total. The SMILES string of the molecule is CCCC1[C]=C2C(C(C)(C)C)=C1C2(c1ccc(C)cc1)c1ccc(C)cc1. The lowest BCUT2D eigenvalue weighted by Crippen LogP contribution is -2.43. The van der Waals surface area contributed by atoms with Crippen molar-refractivity contribution in [3.8, 4) is 0 Å². The molecule has 0 amide bonds. The number of rotatable bonds is 4. The minimum absolute atomic E-state index is 0.0934. The molecule has 3 aliphatic rings. The number of aryl methyl sites for hydroxylation is 2. The van der Waals surface area contributed by atoms with Crippen LogP contribution in [0.3, 0.4) is 0 Å². The van der Waals surface area contributed by atoms with Gasteiger partial charge in [0, 0.05) is 5.92 Å². The number of allylic oxidation sites excluding steroid dienone is 4. The Kier molecular flexibility index (Phi) is 4.22. The Labute approximate surface area is 165 Å². The average molecular weight is 356 g/mol. The van der Waals surface area contributed by atoms with Gasteiger partial charge in [-0.2, -0.15) is 0 Å². The molecule has 0 saturated heterocycles. The van der Waals surface area contributed by atoms with Gasteiger partial charge in [-0.05, 0) is 59.6 Å². The predicted molar refractivity (Wildman–Crippen MR) is 115 cm³/mol. The maximum absolute atomic E-state index is 3.95. The molecule has 3 aliphatic carbocycles. The highest BCUT2D eigenvalue weighted by atomic mass is 14.6. The topological polar surface area (TPSA) is 0 Å². The van der Waals surface area contributed by atoms with Crippen molar-refractivity contribution in [3.63, 3.8) is 0 Å². The second kappa shape index (κ2) is 6.23. The zero-order chi connectivity index (χ0) is 19.4. The van der Waals surface area contributed by atoms with Crippen molar-refractivity contribution < 1.29 is 0 Å². The van der Waals surface area contributed by atoms with Gasteiger partial charge in [-0.25, -0.2) is 0 Å². The van der Waals surface area contributed by atoms with E-state index in [4.69, 9.17) is 0 Å². The fourth-order valence-electron chi connectivity index (χ4n) is 5.10. The molecule has 27 heavy (non-hydrogen) atoms. The zero-order valence-corrected chi connectivity index (χ0v) is 17.6. The Hall–Kier alpha value is -2.08. The first kappa shape index (κ1) is 18.3. The van der Waals surface area contributed by atoms with Gasteiger partial charge in [0.2, 0.25) is 0 Å². The van der Waals surface area contributed by atoms with Crippen molar-refractivity contribution in [1.82, 2.24) is 0 Å². The summed E-state index contributed by atoms with van der Waals surface area (Å²) < 4.78 is 0. The number of hydrogen-bond donors (Lipinski definition) is 0. The number of benzene rings is 2. The van der Waals surface area contributed by atoms with E-state index in [9.17, 15) is 0 Å². The smallest absolute Gasteiger partial charge is 0.0653 e. The second-order valence-electron chi connectivity index (χ2n) is 9.38. The van der Waals surface area contributed by atoms with Crippen LogP contribution in [0.1, 0.15) is 62.8 Å². The van der Waals surface area contributed by atoms with Crippen LogP contribution in [0.4, 0.5) is 0 Å². The van der Waals surface area contributed by atoms with Crippen molar-refractivity contribution >= 4 is 0 Å². The van der Waals surface area contributed by atoms with E-state index in [0.29, 0.717) is 5.92 Å². The molecule has 1 unspecified atom stereocenters. The van der Waals surface area contributed by atoms with Crippen LogP contribution >= 0.6 is 0 Å². The molecule has 0 heteroatoms. The normalized spacial score (nSPS) is 20.5. The quantitative estimate of drug-likeness (QED) is 0.548. The largest absolute Gasteiger partial charge is 0.0679 e. The Balaban J connectivity index is 1.99. The molecule has 1 radical (unpaired) electrons. The van der Waals surface area contributed by atoms with Crippen LogP contribution in [-0.2, 0) is 5.41 Å². The molecule has 0 saturated carbocycles. The molecule has 5 rings (SSSR count). The Morgan fingerprint density at radius 3 is 1.74 bits per heavy atom. The van der Waals surface area contributed by atoms with E-state index < -0.39 is 0 Å². The van der Waals surface area contributed by atoms with E-state index in [0.717, 1.165) is 0 Å². The van der Waals surface area contributed by atoms with Crippen LogP contribution < -0.4 is 0 Å². The number of hydrogen-bond acceptors (Lipinski definition) is 0. The van der Waals surface area contributed by atoms with Crippen LogP contribution in [-0.4, -0.2) is 0 Å². The van der Waals surface area contributed by atoms with E-state index in [1.54, 1.807) is 11.1 Å². The van der Waals surface area contributed by atoms with Gasteiger partial charge in [0.25, 0.3) is 0 Å². The van der Waals surface area contributed by atoms with E-state index >= 15 is 0 Å². The molecule has 0 heterocycles. The Morgan fingerprint density at radius 1 is 0.852 bits per heavy atom. The van der Waals surface area contributed by atoms with Gasteiger partial charge in [0.05, 0.1) is 5.41 Å². The van der Waals surface area contributed by atoms with Gasteiger partial charge in [-0.15, -0.1) is 0 Å². The van der Waals surface area contributed by atoms with Gasteiger partial charge >= 0.3 is 0 Å². The summed E-state index contributed by atoms with van der Waals surface area (Å²) >= 11 is 0. The summed E-state index contributed by atoms with van der Waals surface area (Å²) in [6.45, 7) is 13.7. The standard InChI is InChI=1S/C27H31/c1-7-8-20-17-23-25(26(4,5)6)24(20)27(23,21-13-9-18(2)10-14-21)22-15-11-19(3)12-16-22/h9-16,20H,7-8H2,1-6H3. The molecule has 0 fully saturated rings. The van der Waals surface area contributed by atoms with Gasteiger partial charge in [0.15, 0.2) is 0 Å². The lowest BCUT2D eigenvalue weighted by atomic mass is 9.51. The maximum atomic E-state index is 3.95.